The van der Waals surface area contributed by atoms with E-state index in [2.05, 4.69) is 29.5 Å². The third-order valence-electron chi connectivity index (χ3n) is 9.47. The Labute approximate surface area is 333 Å². The molecule has 0 amide bonds. The predicted molar refractivity (Wildman–Crippen MR) is 204 cm³/mol. The minimum Gasteiger partial charge on any atom is -0.396 e. The van der Waals surface area contributed by atoms with Gasteiger partial charge in [-0.15, -0.1) is 0 Å². The number of ether oxygens (including phenoxy) is 2. The number of unbranched alkanes of at least 4 members (excludes halogenated alkanes) is 9. The van der Waals surface area contributed by atoms with Crippen LogP contribution in [0.3, 0.4) is 0 Å². The van der Waals surface area contributed by atoms with Gasteiger partial charge in [-0.3, -0.25) is 27.2 Å². The van der Waals surface area contributed by atoms with Gasteiger partial charge in [0.05, 0.1) is 19.5 Å². The number of nitrogens with two attached hydrogens (primary N) is 2. The van der Waals surface area contributed by atoms with Crippen LogP contribution >= 0.6 is 23.4 Å². The first-order chi connectivity index (χ1) is 27.5. The molecular weight excluding hydrogens is 831 g/mol. The van der Waals surface area contributed by atoms with Crippen LogP contribution in [-0.2, 0) is 41.3 Å². The molecule has 2 saturated heterocycles. The highest BCUT2D eigenvalue weighted by atomic mass is 31.2. The third-order valence-corrected chi connectivity index (χ3v) is 12.2. The molecule has 8 atom stereocenters. The second-order valence-electron chi connectivity index (χ2n) is 13.9. The highest BCUT2D eigenvalue weighted by Gasteiger charge is 2.46. The standard InChI is InChI=1S/C31H52N9O15P3/c32-25-11-13-39(31(42)38-25)26-16-22(23(52-26)17-50-57(45,46)47)55-58(48,49)51-18-24-21(15-27(53-24)40-20-36-28-29(33)34-19-35-30(28)40)54-56(43,44)37-12-9-7-5-3-1-2-4-6-8-10-14-41/h11,13,19-24,26-27,41H,1-10,12,14-18H2,(H,48,49)(H2,32,38,42)(H2,33,34,35)(H2,37,43,44)(H2,45,46,47)/t21-,22-,23+,24+,26+,27+/m0/s1. The van der Waals surface area contributed by atoms with Gasteiger partial charge in [0.2, 0.25) is 0 Å². The fourth-order valence-electron chi connectivity index (χ4n) is 6.62. The van der Waals surface area contributed by atoms with Crippen LogP contribution in [0.1, 0.15) is 89.5 Å². The van der Waals surface area contributed by atoms with E-state index in [0.29, 0.717) is 6.42 Å². The summed E-state index contributed by atoms with van der Waals surface area (Å²) in [6, 6.07) is 1.30. The monoisotopic (exact) mass is 883 g/mol. The van der Waals surface area contributed by atoms with Gasteiger partial charge in [-0.1, -0.05) is 51.4 Å². The third kappa shape index (κ3) is 13.9. The van der Waals surface area contributed by atoms with E-state index in [0.717, 1.165) is 62.4 Å². The van der Waals surface area contributed by atoms with Crippen LogP contribution < -0.4 is 22.2 Å². The van der Waals surface area contributed by atoms with E-state index in [-0.39, 0.29) is 48.8 Å². The number of phosphoric ester groups is 2. The van der Waals surface area contributed by atoms with Crippen molar-refractivity contribution >= 4 is 46.2 Å². The van der Waals surface area contributed by atoms with Crippen LogP contribution in [0.4, 0.5) is 11.6 Å². The Hall–Kier alpha value is -2.76. The van der Waals surface area contributed by atoms with Crippen molar-refractivity contribution in [2.45, 2.75) is 114 Å². The molecule has 2 fully saturated rings. The molecule has 0 saturated carbocycles. The number of rotatable bonds is 25. The van der Waals surface area contributed by atoms with Crippen molar-refractivity contribution in [2.75, 3.05) is 37.8 Å². The van der Waals surface area contributed by atoms with Gasteiger partial charge in [-0.05, 0) is 18.9 Å². The topological polar surface area (TPSA) is 350 Å². The normalized spacial score (nSPS) is 24.6. The van der Waals surface area contributed by atoms with Crippen LogP contribution in [0.25, 0.3) is 11.2 Å². The first-order valence-corrected chi connectivity index (χ1v) is 23.5. The van der Waals surface area contributed by atoms with Gasteiger partial charge in [-0.2, -0.15) is 4.98 Å². The number of nitrogens with one attached hydrogen (secondary N) is 1. The van der Waals surface area contributed by atoms with Crippen molar-refractivity contribution in [1.82, 2.24) is 34.2 Å². The van der Waals surface area contributed by atoms with Crippen LogP contribution in [0.5, 0.6) is 0 Å². The second kappa shape index (κ2) is 21.2. The van der Waals surface area contributed by atoms with Crippen molar-refractivity contribution in [1.29, 1.82) is 0 Å². The van der Waals surface area contributed by atoms with Gasteiger partial charge >= 0.3 is 29.1 Å². The summed E-state index contributed by atoms with van der Waals surface area (Å²) >= 11 is 0. The van der Waals surface area contributed by atoms with Crippen molar-refractivity contribution in [3.05, 3.63) is 35.4 Å². The van der Waals surface area contributed by atoms with Crippen molar-refractivity contribution < 1.29 is 65.9 Å². The molecule has 27 heteroatoms. The summed E-state index contributed by atoms with van der Waals surface area (Å²) in [6.07, 6.45) is 6.00. The highest BCUT2D eigenvalue weighted by molar-refractivity contribution is 7.50. The van der Waals surface area contributed by atoms with E-state index >= 15 is 0 Å². The van der Waals surface area contributed by atoms with Gasteiger partial charge in [0.25, 0.3) is 0 Å². The van der Waals surface area contributed by atoms with Crippen molar-refractivity contribution in [2.24, 2.45) is 0 Å². The lowest BCUT2D eigenvalue weighted by atomic mass is 10.1. The molecule has 0 aromatic carbocycles. The van der Waals surface area contributed by atoms with Crippen LogP contribution in [0.15, 0.2) is 29.7 Å². The van der Waals surface area contributed by atoms with E-state index in [1.54, 1.807) is 0 Å². The summed E-state index contributed by atoms with van der Waals surface area (Å²) in [4.78, 5) is 68.6. The fourth-order valence-corrected chi connectivity index (χ4v) is 9.03. The number of aliphatic hydroxyl groups is 1. The zero-order chi connectivity index (χ0) is 41.9. The van der Waals surface area contributed by atoms with Crippen molar-refractivity contribution in [3.8, 4) is 0 Å². The maximum absolute atomic E-state index is 13.4. The van der Waals surface area contributed by atoms with Gasteiger partial charge in [0, 0.05) is 32.2 Å². The SMILES string of the molecule is Nc1ccn([C@H]2C[C@H](OP(=O)(O)OC[C@H]3O[C@@H](n4cnc5c(N)ncnc54)C[C@@H]3OP(=O)(O)NCCCCCCCCCCCCO)[C@@H](COP(=O)(O)O)O2)c(=O)n1. The lowest BCUT2D eigenvalue weighted by Gasteiger charge is -2.24. The summed E-state index contributed by atoms with van der Waals surface area (Å²) in [5.41, 5.74) is 11.2. The van der Waals surface area contributed by atoms with E-state index in [1.165, 1.54) is 29.5 Å². The maximum atomic E-state index is 13.4. The second-order valence-corrected chi connectivity index (χ2v) is 18.1. The summed E-state index contributed by atoms with van der Waals surface area (Å²) in [7, 11) is -14.6. The Bertz CT molecular complexity index is 1990. The molecular formula is C31H52N9O15P3. The Balaban J connectivity index is 1.20. The van der Waals surface area contributed by atoms with E-state index in [4.69, 9.17) is 39.6 Å². The quantitative estimate of drug-likeness (QED) is 0.0447. The molecule has 3 aromatic heterocycles. The van der Waals surface area contributed by atoms with Gasteiger partial charge in [0.1, 0.15) is 54.5 Å². The lowest BCUT2D eigenvalue weighted by molar-refractivity contribution is -0.0547. The number of hydrogen-bond donors (Lipinski definition) is 8. The minimum atomic E-state index is -5.08. The average molecular weight is 884 g/mol. The first kappa shape index (κ1) is 46.3. The Morgan fingerprint density at radius 2 is 1.38 bits per heavy atom. The number of nitrogen functional groups attached to an aromatic ring is 2. The van der Waals surface area contributed by atoms with Crippen molar-refractivity contribution in [3.63, 3.8) is 0 Å². The Morgan fingerprint density at radius 3 is 2.00 bits per heavy atom. The lowest BCUT2D eigenvalue weighted by Crippen LogP contribution is -2.31. The summed E-state index contributed by atoms with van der Waals surface area (Å²) in [5.74, 6) is 0.0257. The highest BCUT2D eigenvalue weighted by Crippen LogP contribution is 2.51. The average Bonchev–Trinajstić information content (AvgIpc) is 3.87. The van der Waals surface area contributed by atoms with E-state index in [9.17, 15) is 38.1 Å². The molecule has 58 heavy (non-hydrogen) atoms. The Morgan fingerprint density at radius 1 is 0.793 bits per heavy atom. The number of fused-ring (bicyclic) bond motifs is 1. The molecule has 326 valence electrons. The molecule has 0 spiro atoms. The molecule has 0 bridgehead atoms. The predicted octanol–water partition coefficient (Wildman–Crippen LogP) is 2.40. The number of hydrogen-bond acceptors (Lipinski definition) is 17. The zero-order valence-corrected chi connectivity index (χ0v) is 34.3. The van der Waals surface area contributed by atoms with Crippen LogP contribution in [0, 0.1) is 0 Å². The number of aliphatic hydroxyl groups excluding tert-OH is 1. The van der Waals surface area contributed by atoms with E-state index < -0.39 is 79.2 Å². The fraction of sp³-hybridized carbons (Fsp3) is 0.710. The minimum absolute atomic E-state index is 0.0590. The van der Waals surface area contributed by atoms with E-state index in [1.807, 2.05) is 0 Å². The molecule has 10 N–H and O–H groups in total. The molecule has 0 aliphatic carbocycles. The Kier molecular flexibility index (Phi) is 16.9. The molecule has 2 unspecified atom stereocenters. The van der Waals surface area contributed by atoms with Gasteiger partial charge in [0.15, 0.2) is 11.5 Å². The van der Waals surface area contributed by atoms with Crippen LogP contribution in [0.2, 0.25) is 0 Å². The zero-order valence-electron chi connectivity index (χ0n) is 31.6. The van der Waals surface area contributed by atoms with Gasteiger partial charge in [-0.25, -0.2) is 38.5 Å². The number of anilines is 2. The maximum Gasteiger partial charge on any atom is 0.472 e. The smallest absolute Gasteiger partial charge is 0.396 e. The first-order valence-electron chi connectivity index (χ1n) is 18.9. The molecule has 5 heterocycles. The molecule has 2 aliphatic rings. The molecule has 2 aliphatic heterocycles. The van der Waals surface area contributed by atoms with Gasteiger partial charge < -0.3 is 45.6 Å². The summed E-state index contributed by atoms with van der Waals surface area (Å²) in [5, 5.41) is 11.4. The number of aromatic nitrogens is 6. The van der Waals surface area contributed by atoms with Crippen LogP contribution in [-0.4, -0.2) is 105 Å². The number of phosphoric acid groups is 2. The molecule has 24 nitrogen and oxygen atoms in total. The summed E-state index contributed by atoms with van der Waals surface area (Å²) < 4.78 is 73.3. The molecule has 5 rings (SSSR count). The number of nitrogens with zero attached hydrogens (tertiary/aromatic N) is 6. The summed E-state index contributed by atoms with van der Waals surface area (Å²) in [6.45, 7) is -1.10. The molecule has 0 radical (unpaired) electrons. The molecule has 3 aromatic rings. The largest absolute Gasteiger partial charge is 0.472 e. The number of imidazole rings is 1.